The number of nitrogens with two attached hydrogens (primary N) is 1. The first-order chi connectivity index (χ1) is 59.4. The molecule has 123 heavy (non-hydrogen) atoms. The Morgan fingerprint density at radius 2 is 0.756 bits per heavy atom. The lowest BCUT2D eigenvalue weighted by Gasteiger charge is -2.39. The highest BCUT2D eigenvalue weighted by atomic mass is 35.5. The number of halogens is 11. The number of amides is 1. The van der Waals surface area contributed by atoms with Crippen LogP contribution in [0.15, 0.2) is 236 Å². The van der Waals surface area contributed by atoms with Gasteiger partial charge in [0.1, 0.15) is 33.6 Å². The summed E-state index contributed by atoms with van der Waals surface area (Å²) in [6.45, 7) is 14.1. The third-order valence-electron chi connectivity index (χ3n) is 24.7. The molecular weight excluding hydrogens is 1710 g/mol. The molecule has 638 valence electrons. The minimum atomic E-state index is -0.524. The zero-order chi connectivity index (χ0) is 86.3. The van der Waals surface area contributed by atoms with Crippen molar-refractivity contribution in [3.05, 3.63) is 345 Å². The Hall–Kier alpha value is -9.49. The van der Waals surface area contributed by atoms with E-state index >= 15 is 0 Å². The molecule has 4 fully saturated rings. The molecule has 0 saturated carbocycles. The number of nitrogens with one attached hydrogen (secondary N) is 2. The molecule has 2 aromatic heterocycles. The summed E-state index contributed by atoms with van der Waals surface area (Å²) in [7, 11) is 0. The summed E-state index contributed by atoms with van der Waals surface area (Å²) >= 11 is 40.3. The summed E-state index contributed by atoms with van der Waals surface area (Å²) in [4.78, 5) is 51.8. The maximum absolute atomic E-state index is 14.3. The second kappa shape index (κ2) is 41.1. The Labute approximate surface area is 750 Å². The predicted octanol–water partition coefficient (Wildman–Crippen LogP) is 22.1. The number of aromatic nitrogens is 2. The fourth-order valence-electron chi connectivity index (χ4n) is 17.9. The molecule has 0 bridgehead atoms. The number of carbonyl (C=O) groups excluding carboxylic acids is 2. The van der Waals surface area contributed by atoms with Crippen molar-refractivity contribution < 1.29 is 27.2 Å². The summed E-state index contributed by atoms with van der Waals surface area (Å²) in [5.41, 5.74) is 15.9. The topological polar surface area (TPSA) is 162 Å². The van der Waals surface area contributed by atoms with Gasteiger partial charge in [-0.1, -0.05) is 167 Å². The molecule has 0 radical (unpaired) electrons. The first kappa shape index (κ1) is 89.8. The number of fused-ring (bicyclic) bond motifs is 8. The van der Waals surface area contributed by atoms with Crippen molar-refractivity contribution in [1.29, 1.82) is 0 Å². The Morgan fingerprint density at radius 3 is 1.15 bits per heavy atom. The van der Waals surface area contributed by atoms with Crippen molar-refractivity contribution in [3.63, 3.8) is 0 Å². The third kappa shape index (κ3) is 22.8. The van der Waals surface area contributed by atoms with Crippen molar-refractivity contribution in [2.75, 3.05) is 125 Å². The number of hydrogen-bond acceptors (Lipinski definition) is 14. The molecule has 8 aliphatic heterocycles. The van der Waals surface area contributed by atoms with Gasteiger partial charge in [0.25, 0.3) is 11.1 Å². The largest absolute Gasteiger partial charge is 0.384 e. The van der Waals surface area contributed by atoms with Gasteiger partial charge in [-0.3, -0.25) is 39.6 Å². The van der Waals surface area contributed by atoms with E-state index in [0.717, 1.165) is 219 Å². The van der Waals surface area contributed by atoms with Crippen molar-refractivity contribution in [2.45, 2.75) is 73.0 Å². The van der Waals surface area contributed by atoms with E-state index in [1.54, 1.807) is 59.6 Å². The number of piperidine rings is 4. The van der Waals surface area contributed by atoms with Crippen LogP contribution in [0.3, 0.4) is 0 Å². The van der Waals surface area contributed by atoms with Crippen molar-refractivity contribution in [3.8, 4) is 0 Å². The second-order valence-electron chi connectivity index (χ2n) is 32.5. The number of pyridine rings is 2. The van der Waals surface area contributed by atoms with Gasteiger partial charge in [-0.25, -0.2) is 38.4 Å². The van der Waals surface area contributed by atoms with Gasteiger partial charge in [0, 0.05) is 117 Å². The van der Waals surface area contributed by atoms with Gasteiger partial charge in [-0.05, 0) is 305 Å². The van der Waals surface area contributed by atoms with Gasteiger partial charge in [-0.15, -0.1) is 4.91 Å². The molecule has 0 aliphatic carbocycles. The van der Waals surface area contributed by atoms with Gasteiger partial charge in [0.05, 0.1) is 28.9 Å². The van der Waals surface area contributed by atoms with Crippen LogP contribution < -0.4 is 31.6 Å². The molecule has 16 nitrogen and oxygen atoms in total. The quantitative estimate of drug-likeness (QED) is 0.0275. The van der Waals surface area contributed by atoms with Crippen LogP contribution in [0.4, 0.5) is 40.3 Å². The lowest BCUT2D eigenvalue weighted by molar-refractivity contribution is 0.0944. The fraction of sp³-hybridized carbons (Fsp3) is 0.292. The van der Waals surface area contributed by atoms with E-state index in [-0.39, 0.29) is 61.1 Å². The lowest BCUT2D eigenvalue weighted by atomic mass is 9.74. The third-order valence-corrected chi connectivity index (χ3v) is 26.4. The number of likely N-dealkylation sites (tertiary alicyclic amines) is 4. The molecule has 18 rings (SSSR count). The molecule has 4 saturated heterocycles. The Balaban J connectivity index is 0.000000130. The number of nitrogens with zero attached hydrogens (tertiary/aromatic N) is 10. The highest BCUT2D eigenvalue weighted by Gasteiger charge is 2.49. The average molecular weight is 1800 g/mol. The highest BCUT2D eigenvalue weighted by Crippen LogP contribution is 2.51. The van der Waals surface area contributed by atoms with E-state index in [1.165, 1.54) is 64.9 Å². The summed E-state index contributed by atoms with van der Waals surface area (Å²) < 4.78 is 55.5. The molecule has 27 heteroatoms. The normalized spacial score (nSPS) is 17.8. The van der Waals surface area contributed by atoms with E-state index in [0.29, 0.717) is 24.2 Å². The minimum Gasteiger partial charge on any atom is -0.384 e. The van der Waals surface area contributed by atoms with Crippen molar-refractivity contribution >= 4 is 139 Å². The number of hydrogen-bond donors (Lipinski definition) is 3. The Kier molecular flexibility index (Phi) is 30.0. The molecule has 10 aromatic rings. The number of rotatable bonds is 16. The van der Waals surface area contributed by atoms with Gasteiger partial charge in [-0.2, -0.15) is 0 Å². The zero-order valence-corrected chi connectivity index (χ0v) is 72.9. The lowest BCUT2D eigenvalue weighted by Crippen LogP contribution is -2.49. The van der Waals surface area contributed by atoms with Gasteiger partial charge in [0.2, 0.25) is 0 Å². The van der Waals surface area contributed by atoms with Crippen molar-refractivity contribution in [2.24, 2.45) is 11.1 Å². The molecule has 4 spiro atoms. The molecule has 10 heterocycles. The SMILES string of the molecule is Fc1ccc2c(c1)C1(CCN(C/C=C/c3ccc(Cl)cc3)CC1)CN2.NN1CC2(CCN(C/C=C/c3ccc(Cl)cc3)CC2)c2cc(F)ccc21.O=C(Cl)c1ccnc(Cl)c1.O=C(NN1CC2(CCN(C/C=C/c3ccc(Cl)cc3)CC2)c2cc(F)ccc21)c1ccnc(Cl)c1.O=NN1CC2(CCN(C/C=C/c3ccc(Cl)cc3)CC2)c2cc(F)ccc21. The van der Waals surface area contributed by atoms with Crippen LogP contribution in [-0.4, -0.2) is 145 Å². The van der Waals surface area contributed by atoms with Gasteiger partial charge >= 0.3 is 0 Å². The Bertz CT molecular complexity index is 5470. The van der Waals surface area contributed by atoms with Crippen LogP contribution >= 0.6 is 81.2 Å². The molecule has 8 aliphatic rings. The van der Waals surface area contributed by atoms with E-state index in [2.05, 4.69) is 94.2 Å². The Morgan fingerprint density at radius 1 is 0.415 bits per heavy atom. The molecule has 0 atom stereocenters. The molecule has 1 amide bonds. The van der Waals surface area contributed by atoms with Crippen LogP contribution in [0.2, 0.25) is 30.4 Å². The number of benzene rings is 8. The second-order valence-corrected chi connectivity index (χ2v) is 35.3. The van der Waals surface area contributed by atoms with Gasteiger partial charge in [0.15, 0.2) is 0 Å². The smallest absolute Gasteiger partial charge is 0.269 e. The number of carbonyl (C=O) groups is 2. The number of nitroso groups, excluding NO2 is 1. The van der Waals surface area contributed by atoms with E-state index in [9.17, 15) is 32.1 Å². The maximum Gasteiger partial charge on any atom is 0.269 e. The molecule has 0 unspecified atom stereocenters. The van der Waals surface area contributed by atoms with Crippen LogP contribution in [0.1, 0.15) is 117 Å². The highest BCUT2D eigenvalue weighted by molar-refractivity contribution is 6.67. The van der Waals surface area contributed by atoms with Crippen LogP contribution in [-0.2, 0) is 21.7 Å². The summed E-state index contributed by atoms with van der Waals surface area (Å²) in [5, 5.41) is 14.7. The first-order valence-electron chi connectivity index (χ1n) is 41.1. The maximum atomic E-state index is 14.3. The monoisotopic (exact) mass is 1800 g/mol. The predicted molar refractivity (Wildman–Crippen MR) is 494 cm³/mol. The van der Waals surface area contributed by atoms with Crippen LogP contribution in [0.5, 0.6) is 0 Å². The summed E-state index contributed by atoms with van der Waals surface area (Å²) in [6.07, 6.45) is 27.8. The van der Waals surface area contributed by atoms with Gasteiger partial charge < -0.3 is 10.3 Å². The van der Waals surface area contributed by atoms with E-state index < -0.39 is 5.24 Å². The summed E-state index contributed by atoms with van der Waals surface area (Å²) in [5.74, 6) is 5.08. The standard InChI is InChI=1S/C27H25Cl2FN4O.C21H21ClFN3O.C21H23ClFN3.C21H22ClFN2.C6H3Cl2NO/c28-21-5-3-19(4-6-21)2-1-13-33-14-10-27(11-15-33)18-34(24-8-7-22(30)17-23(24)27)32-26(35)20-9-12-31-25(29)16-20;22-17-5-3-16(4-6-17)2-1-11-25-12-9-21(10-13-25)15-26(24-27)20-8-7-18(23)14-19(20)21;22-17-5-3-16(4-6-17)2-1-11-25-12-9-21(10-13-25)15-26(24)20-8-7-18(23)14-19(20)21;22-17-5-3-16(4-6-17)2-1-11-25-12-9-21(10-13-25)15-24-20-8-7-18(23)14-19(20)21;7-5-3-4(6(8)10)1-2-9-5/h1-9,12,16-17H,10-11,13-15,18H2,(H,32,35);1-8,14H,9-13,15H2;1-8,14H,9-13,15,24H2;1-8,14,24H,9-13,15H2;1-3H/b4*2-1+;. The summed E-state index contributed by atoms with van der Waals surface area (Å²) in [6, 6.07) is 56.9. The van der Waals surface area contributed by atoms with E-state index in [1.807, 2.05) is 108 Å². The molecule has 4 N–H and O–H groups in total. The average Bonchev–Trinajstić information content (AvgIpc) is 1.61. The fourth-order valence-corrected chi connectivity index (χ4v) is 18.8. The van der Waals surface area contributed by atoms with Crippen LogP contribution in [0.25, 0.3) is 24.3 Å². The number of hydrazine groups is 2. The minimum absolute atomic E-state index is 0.0113. The van der Waals surface area contributed by atoms with Crippen LogP contribution in [0, 0.1) is 28.2 Å². The number of anilines is 4. The zero-order valence-electron chi connectivity index (χ0n) is 67.7. The first-order valence-corrected chi connectivity index (χ1v) is 43.7. The van der Waals surface area contributed by atoms with Crippen molar-refractivity contribution in [1.82, 2.24) is 35.0 Å². The molecular formula is C96H94Cl7F4N13O3. The molecule has 8 aromatic carbocycles. The van der Waals surface area contributed by atoms with E-state index in [4.69, 9.17) is 87.0 Å².